The fourth-order valence-corrected chi connectivity index (χ4v) is 4.29. The molecule has 4 N–H and O–H groups in total. The van der Waals surface area contributed by atoms with Crippen LogP contribution in [0.5, 0.6) is 0 Å². The number of benzene rings is 2. The summed E-state index contributed by atoms with van der Waals surface area (Å²) in [6.07, 6.45) is 5.44. The fourth-order valence-electron chi connectivity index (χ4n) is 4.29. The van der Waals surface area contributed by atoms with Gasteiger partial charge in [0.1, 0.15) is 11.9 Å². The van der Waals surface area contributed by atoms with E-state index in [0.717, 1.165) is 30.4 Å². The van der Waals surface area contributed by atoms with Crippen LogP contribution in [0.25, 0.3) is 0 Å². The minimum absolute atomic E-state index is 0.0104. The molecule has 182 valence electrons. The predicted molar refractivity (Wildman–Crippen MR) is 131 cm³/mol. The minimum atomic E-state index is -0.840. The van der Waals surface area contributed by atoms with Crippen molar-refractivity contribution in [3.63, 3.8) is 0 Å². The number of carbonyl (C=O) groups is 2. The molecule has 1 aliphatic heterocycles. The number of rotatable bonds is 8. The third-order valence-electron chi connectivity index (χ3n) is 6.25. The van der Waals surface area contributed by atoms with Crippen molar-refractivity contribution >= 4 is 17.5 Å². The fraction of sp³-hybridized carbons (Fsp3) is 0.296. The smallest absolute Gasteiger partial charge is 0.254 e. The van der Waals surface area contributed by atoms with E-state index < -0.39 is 29.8 Å². The summed E-state index contributed by atoms with van der Waals surface area (Å²) in [6, 6.07) is 16.3. The van der Waals surface area contributed by atoms with Crippen LogP contribution < -0.4 is 16.0 Å². The van der Waals surface area contributed by atoms with Crippen molar-refractivity contribution in [2.45, 2.75) is 50.4 Å². The van der Waals surface area contributed by atoms with Crippen LogP contribution in [0.3, 0.4) is 0 Å². The Kier molecular flexibility index (Phi) is 7.84. The maximum absolute atomic E-state index is 13.8. The van der Waals surface area contributed by atoms with Crippen molar-refractivity contribution in [3.05, 3.63) is 95.6 Å². The Morgan fingerprint density at radius 3 is 2.60 bits per heavy atom. The minimum Gasteiger partial charge on any atom is -0.387 e. The number of aromatic nitrogens is 1. The normalized spacial score (nSPS) is 19.1. The Labute approximate surface area is 203 Å². The van der Waals surface area contributed by atoms with Crippen molar-refractivity contribution < 1.29 is 19.1 Å². The molecule has 0 saturated carbocycles. The van der Waals surface area contributed by atoms with E-state index in [-0.39, 0.29) is 17.6 Å². The number of nitrogens with zero attached hydrogens (tertiary/aromatic N) is 1. The number of hydrogen-bond acceptors (Lipinski definition) is 5. The van der Waals surface area contributed by atoms with Gasteiger partial charge in [-0.15, -0.1) is 0 Å². The van der Waals surface area contributed by atoms with Gasteiger partial charge in [-0.1, -0.05) is 30.3 Å². The Hall–Kier alpha value is -3.62. The third kappa shape index (κ3) is 6.29. The third-order valence-corrected chi connectivity index (χ3v) is 6.25. The largest absolute Gasteiger partial charge is 0.387 e. The lowest BCUT2D eigenvalue weighted by Gasteiger charge is -2.20. The summed E-state index contributed by atoms with van der Waals surface area (Å²) in [7, 11) is 0. The first-order chi connectivity index (χ1) is 16.9. The van der Waals surface area contributed by atoms with Gasteiger partial charge in [0.25, 0.3) is 5.91 Å². The number of carbonyl (C=O) groups excluding carboxylic acids is 2. The first kappa shape index (κ1) is 24.5. The van der Waals surface area contributed by atoms with E-state index in [4.69, 9.17) is 0 Å². The Morgan fingerprint density at radius 2 is 1.89 bits per heavy atom. The standard InChI is InChI=1S/C27H29FN4O3/c1-17(30-27(35)22-6-2-3-7-23(22)28)26(34)32-20-10-8-18(9-11-20)15-21-12-13-24(31-21)25(33)19-5-4-14-29-16-19/h2-11,14,16-17,21,24-25,31,33H,12-13,15H2,1H3,(H,30,35)(H,32,34)/t17-,21-,24?,25+/m0/s1. The molecule has 1 fully saturated rings. The molecule has 8 heteroatoms. The molecule has 1 aromatic heterocycles. The Balaban J connectivity index is 1.26. The number of aliphatic hydroxyl groups is 1. The number of pyridine rings is 1. The molecule has 1 unspecified atom stereocenters. The maximum atomic E-state index is 13.8. The molecule has 3 aromatic rings. The molecule has 1 aliphatic rings. The van der Waals surface area contributed by atoms with Gasteiger partial charge in [0.15, 0.2) is 0 Å². The molecule has 2 aromatic carbocycles. The highest BCUT2D eigenvalue weighted by atomic mass is 19.1. The molecular formula is C27H29FN4O3. The average Bonchev–Trinajstić information content (AvgIpc) is 3.34. The molecule has 0 bridgehead atoms. The molecule has 0 radical (unpaired) electrons. The van der Waals surface area contributed by atoms with Crippen LogP contribution >= 0.6 is 0 Å². The number of anilines is 1. The van der Waals surface area contributed by atoms with E-state index in [1.165, 1.54) is 18.2 Å². The van der Waals surface area contributed by atoms with Crippen molar-refractivity contribution in [2.24, 2.45) is 0 Å². The second kappa shape index (κ2) is 11.2. The number of hydrogen-bond donors (Lipinski definition) is 4. The zero-order chi connectivity index (χ0) is 24.8. The summed E-state index contributed by atoms with van der Waals surface area (Å²) < 4.78 is 13.8. The summed E-state index contributed by atoms with van der Waals surface area (Å²) in [5.41, 5.74) is 2.42. The zero-order valence-corrected chi connectivity index (χ0v) is 19.4. The maximum Gasteiger partial charge on any atom is 0.254 e. The second-order valence-corrected chi connectivity index (χ2v) is 8.84. The van der Waals surface area contributed by atoms with Crippen LogP contribution in [-0.4, -0.2) is 40.0 Å². The molecule has 2 heterocycles. The molecule has 2 amide bonds. The molecular weight excluding hydrogens is 447 g/mol. The van der Waals surface area contributed by atoms with E-state index >= 15 is 0 Å². The van der Waals surface area contributed by atoms with E-state index in [2.05, 4.69) is 20.9 Å². The topological polar surface area (TPSA) is 103 Å². The predicted octanol–water partition coefficient (Wildman–Crippen LogP) is 3.37. The molecule has 7 nitrogen and oxygen atoms in total. The van der Waals surface area contributed by atoms with Gasteiger partial charge in [-0.05, 0) is 62.1 Å². The van der Waals surface area contributed by atoms with Crippen LogP contribution in [0.2, 0.25) is 0 Å². The van der Waals surface area contributed by atoms with E-state index in [1.54, 1.807) is 25.4 Å². The lowest BCUT2D eigenvalue weighted by Crippen LogP contribution is -2.41. The van der Waals surface area contributed by atoms with Crippen molar-refractivity contribution in [2.75, 3.05) is 5.32 Å². The highest BCUT2D eigenvalue weighted by Gasteiger charge is 2.30. The molecule has 1 saturated heterocycles. The summed E-state index contributed by atoms with van der Waals surface area (Å²) in [5, 5.41) is 19.4. The highest BCUT2D eigenvalue weighted by Crippen LogP contribution is 2.26. The summed E-state index contributed by atoms with van der Waals surface area (Å²) in [4.78, 5) is 28.8. The van der Waals surface area contributed by atoms with Gasteiger partial charge >= 0.3 is 0 Å². The molecule has 0 aliphatic carbocycles. The SMILES string of the molecule is C[C@H](NC(=O)c1ccccc1F)C(=O)Nc1ccc(C[C@@H]2CCC([C@H](O)c3cccnc3)N2)cc1. The Bertz CT molecular complexity index is 1160. The van der Waals surface area contributed by atoms with Crippen molar-refractivity contribution in [3.8, 4) is 0 Å². The van der Waals surface area contributed by atoms with Gasteiger partial charge in [0.05, 0.1) is 11.7 Å². The molecule has 4 atom stereocenters. The highest BCUT2D eigenvalue weighted by molar-refractivity contribution is 6.01. The van der Waals surface area contributed by atoms with Gasteiger partial charge in [0.2, 0.25) is 5.91 Å². The molecule has 35 heavy (non-hydrogen) atoms. The molecule has 4 rings (SSSR count). The Morgan fingerprint density at radius 1 is 1.11 bits per heavy atom. The van der Waals surface area contributed by atoms with Crippen LogP contribution in [0.4, 0.5) is 10.1 Å². The number of nitrogens with one attached hydrogen (secondary N) is 3. The van der Waals surface area contributed by atoms with Crippen molar-refractivity contribution in [1.82, 2.24) is 15.6 Å². The van der Waals surface area contributed by atoms with Crippen LogP contribution in [0.15, 0.2) is 73.1 Å². The van der Waals surface area contributed by atoms with E-state index in [1.807, 2.05) is 36.4 Å². The second-order valence-electron chi connectivity index (χ2n) is 8.84. The van der Waals surface area contributed by atoms with Crippen LogP contribution in [0.1, 0.15) is 47.4 Å². The monoisotopic (exact) mass is 476 g/mol. The van der Waals surface area contributed by atoms with Gasteiger partial charge in [-0.2, -0.15) is 0 Å². The van der Waals surface area contributed by atoms with Gasteiger partial charge in [-0.3, -0.25) is 14.6 Å². The average molecular weight is 477 g/mol. The first-order valence-corrected chi connectivity index (χ1v) is 11.7. The van der Waals surface area contributed by atoms with Crippen LogP contribution in [0, 0.1) is 5.82 Å². The lowest BCUT2D eigenvalue weighted by molar-refractivity contribution is -0.117. The summed E-state index contributed by atoms with van der Waals surface area (Å²) in [5.74, 6) is -1.67. The number of amides is 2. The quantitative estimate of drug-likeness (QED) is 0.399. The van der Waals surface area contributed by atoms with Crippen LogP contribution in [-0.2, 0) is 11.2 Å². The van der Waals surface area contributed by atoms with Crippen molar-refractivity contribution in [1.29, 1.82) is 0 Å². The van der Waals surface area contributed by atoms with E-state index in [0.29, 0.717) is 5.69 Å². The van der Waals surface area contributed by atoms with Gasteiger partial charge < -0.3 is 21.1 Å². The summed E-state index contributed by atoms with van der Waals surface area (Å²) >= 11 is 0. The first-order valence-electron chi connectivity index (χ1n) is 11.7. The van der Waals surface area contributed by atoms with E-state index in [9.17, 15) is 19.1 Å². The summed E-state index contributed by atoms with van der Waals surface area (Å²) in [6.45, 7) is 1.55. The zero-order valence-electron chi connectivity index (χ0n) is 19.4. The number of halogens is 1. The van der Waals surface area contributed by atoms with Gasteiger partial charge in [-0.25, -0.2) is 4.39 Å². The molecule has 0 spiro atoms. The van der Waals surface area contributed by atoms with Gasteiger partial charge in [0, 0.05) is 35.7 Å². The number of aliphatic hydroxyl groups excluding tert-OH is 1. The lowest BCUT2D eigenvalue weighted by atomic mass is 10.0.